The Morgan fingerprint density at radius 1 is 1.09 bits per heavy atom. The van der Waals surface area contributed by atoms with E-state index in [0.717, 1.165) is 26.4 Å². The van der Waals surface area contributed by atoms with Gasteiger partial charge in [-0.25, -0.2) is 4.79 Å². The molecule has 0 radical (unpaired) electrons. The summed E-state index contributed by atoms with van der Waals surface area (Å²) < 4.78 is 15.8. The second kappa shape index (κ2) is 21.2. The molecule has 0 aliphatic carbocycles. The first-order chi connectivity index (χ1) is 15.6. The third-order valence-electron chi connectivity index (χ3n) is 5.24. The smallest absolute Gasteiger partial charge is 0.461 e. The highest BCUT2D eigenvalue weighted by atomic mass is 16.8. The maximum atomic E-state index is 11.7. The summed E-state index contributed by atoms with van der Waals surface area (Å²) in [6.45, 7) is 20.3. The number of rotatable bonds is 12. The van der Waals surface area contributed by atoms with Crippen molar-refractivity contribution in [1.82, 2.24) is 5.32 Å². The summed E-state index contributed by atoms with van der Waals surface area (Å²) in [5, 5.41) is 20.6. The number of hydrogen-bond donors (Lipinski definition) is 3. The van der Waals surface area contributed by atoms with Gasteiger partial charge in [0, 0.05) is 19.6 Å². The molecular formula is C25H53NO7. The van der Waals surface area contributed by atoms with Crippen molar-refractivity contribution in [2.24, 2.45) is 11.8 Å². The van der Waals surface area contributed by atoms with Gasteiger partial charge < -0.3 is 29.7 Å². The minimum Gasteiger partial charge on any atom is -0.461 e. The fourth-order valence-corrected chi connectivity index (χ4v) is 3.34. The van der Waals surface area contributed by atoms with Crippen LogP contribution in [0.5, 0.6) is 0 Å². The molecule has 1 heterocycles. The molecule has 0 amide bonds. The molecule has 0 aromatic rings. The maximum Gasteiger partial charge on any atom is 0.509 e. The highest BCUT2D eigenvalue weighted by Crippen LogP contribution is 2.30. The average Bonchev–Trinajstić information content (AvgIpc) is 3.13. The first kappa shape index (κ1) is 36.2. The molecular weight excluding hydrogens is 426 g/mol. The van der Waals surface area contributed by atoms with Crippen LogP contribution in [0.1, 0.15) is 94.9 Å². The van der Waals surface area contributed by atoms with Crippen LogP contribution in [0.4, 0.5) is 4.79 Å². The van der Waals surface area contributed by atoms with Crippen molar-refractivity contribution >= 4 is 12.1 Å². The van der Waals surface area contributed by atoms with E-state index < -0.39 is 17.9 Å². The van der Waals surface area contributed by atoms with Gasteiger partial charge in [0.1, 0.15) is 6.61 Å². The van der Waals surface area contributed by atoms with Crippen LogP contribution in [0.3, 0.4) is 0 Å². The van der Waals surface area contributed by atoms with Gasteiger partial charge in [0.05, 0.1) is 6.10 Å². The van der Waals surface area contributed by atoms with Crippen molar-refractivity contribution in [3.05, 3.63) is 0 Å². The molecule has 1 aliphatic rings. The molecule has 3 unspecified atom stereocenters. The first-order valence-electron chi connectivity index (χ1n) is 12.5. The molecule has 0 spiro atoms. The van der Waals surface area contributed by atoms with Crippen molar-refractivity contribution in [3.63, 3.8) is 0 Å². The fraction of sp³-hybridized carbons (Fsp3) is 0.920. The van der Waals surface area contributed by atoms with Crippen molar-refractivity contribution in [2.45, 2.75) is 119 Å². The summed E-state index contributed by atoms with van der Waals surface area (Å²) in [5.74, 6) is 0.442. The Labute approximate surface area is 202 Å². The van der Waals surface area contributed by atoms with Gasteiger partial charge in [-0.05, 0) is 45.1 Å². The number of esters is 1. The number of hydrogen-bond acceptors (Lipinski definition) is 8. The maximum absolute atomic E-state index is 11.7. The van der Waals surface area contributed by atoms with E-state index in [1.165, 1.54) is 0 Å². The van der Waals surface area contributed by atoms with Gasteiger partial charge in [-0.3, -0.25) is 4.79 Å². The number of aliphatic hydroxyl groups excluding tert-OH is 2. The Balaban J connectivity index is -0.00000138. The first-order valence-corrected chi connectivity index (χ1v) is 12.5. The summed E-state index contributed by atoms with van der Waals surface area (Å²) in [4.78, 5) is 23.1. The van der Waals surface area contributed by atoms with Gasteiger partial charge in [0.25, 0.3) is 0 Å². The summed E-state index contributed by atoms with van der Waals surface area (Å²) >= 11 is 0. The SMILES string of the molecule is CC.CC.CCC(=O)OC[C@@]1(C)OC(=O)OC1C(C)NC[C@H](C)CC(O)C[C@@H](C)CC.CO. The molecule has 0 aromatic carbocycles. The highest BCUT2D eigenvalue weighted by molar-refractivity contribution is 5.69. The molecule has 0 aromatic heterocycles. The number of carbonyl (C=O) groups is 2. The van der Waals surface area contributed by atoms with E-state index in [1.54, 1.807) is 13.8 Å². The summed E-state index contributed by atoms with van der Waals surface area (Å²) in [5.41, 5.74) is -1.02. The Morgan fingerprint density at radius 3 is 2.09 bits per heavy atom. The van der Waals surface area contributed by atoms with E-state index in [9.17, 15) is 14.7 Å². The lowest BCUT2D eigenvalue weighted by molar-refractivity contribution is -0.150. The van der Waals surface area contributed by atoms with Crippen LogP contribution in [0.25, 0.3) is 0 Å². The Bertz CT molecular complexity index is 489. The number of aliphatic hydroxyl groups is 2. The fourth-order valence-electron chi connectivity index (χ4n) is 3.34. The molecule has 3 N–H and O–H groups in total. The van der Waals surface area contributed by atoms with E-state index in [2.05, 4.69) is 26.1 Å². The van der Waals surface area contributed by atoms with Crippen LogP contribution < -0.4 is 5.32 Å². The quantitative estimate of drug-likeness (QED) is 0.345. The number of nitrogens with one attached hydrogen (secondary N) is 1. The molecule has 33 heavy (non-hydrogen) atoms. The summed E-state index contributed by atoms with van der Waals surface area (Å²) in [6, 6.07) is -0.184. The zero-order valence-electron chi connectivity index (χ0n) is 23.1. The average molecular weight is 480 g/mol. The van der Waals surface area contributed by atoms with Crippen LogP contribution in [0.15, 0.2) is 0 Å². The third kappa shape index (κ3) is 15.2. The molecule has 6 atom stereocenters. The van der Waals surface area contributed by atoms with Crippen LogP contribution >= 0.6 is 0 Å². The van der Waals surface area contributed by atoms with Crippen LogP contribution in [0.2, 0.25) is 0 Å². The van der Waals surface area contributed by atoms with Crippen molar-refractivity contribution in [3.8, 4) is 0 Å². The van der Waals surface area contributed by atoms with Crippen molar-refractivity contribution in [2.75, 3.05) is 20.3 Å². The van der Waals surface area contributed by atoms with Gasteiger partial charge in [0.2, 0.25) is 0 Å². The molecule has 0 bridgehead atoms. The Hall–Kier alpha value is -1.38. The van der Waals surface area contributed by atoms with Crippen LogP contribution in [-0.2, 0) is 19.0 Å². The molecule has 8 nitrogen and oxygen atoms in total. The molecule has 1 saturated heterocycles. The monoisotopic (exact) mass is 479 g/mol. The van der Waals surface area contributed by atoms with Gasteiger partial charge in [-0.2, -0.15) is 0 Å². The molecule has 8 heteroatoms. The molecule has 1 fully saturated rings. The molecule has 200 valence electrons. The second-order valence-electron chi connectivity index (χ2n) is 8.16. The minimum atomic E-state index is -1.02. The predicted octanol–water partition coefficient (Wildman–Crippen LogP) is 4.70. The summed E-state index contributed by atoms with van der Waals surface area (Å²) in [7, 11) is 1.00. The van der Waals surface area contributed by atoms with E-state index in [-0.39, 0.29) is 37.1 Å². The zero-order chi connectivity index (χ0) is 26.6. The second-order valence-corrected chi connectivity index (χ2v) is 8.16. The van der Waals surface area contributed by atoms with E-state index in [4.69, 9.17) is 19.3 Å². The Kier molecular flexibility index (Phi) is 23.2. The predicted molar refractivity (Wildman–Crippen MR) is 133 cm³/mol. The molecule has 0 saturated carbocycles. The van der Waals surface area contributed by atoms with Gasteiger partial charge >= 0.3 is 12.1 Å². The van der Waals surface area contributed by atoms with Crippen molar-refractivity contribution < 1.29 is 34.0 Å². The lowest BCUT2D eigenvalue weighted by atomic mass is 9.93. The Morgan fingerprint density at radius 2 is 1.61 bits per heavy atom. The van der Waals surface area contributed by atoms with Gasteiger partial charge in [-0.1, -0.05) is 61.8 Å². The lowest BCUT2D eigenvalue weighted by Crippen LogP contribution is -2.52. The molecule has 1 rings (SSSR count). The van der Waals surface area contributed by atoms with Gasteiger partial charge in [0.15, 0.2) is 11.7 Å². The van der Waals surface area contributed by atoms with Crippen LogP contribution in [-0.4, -0.2) is 66.4 Å². The standard InChI is InChI=1S/C20H37NO6.2C2H6.CH4O/c1-7-13(3)9-16(22)10-14(4)11-21-15(5)18-20(6,27-19(24)26-18)12-25-17(23)8-2;3*1-2/h13-16,18,21-22H,7-12H2,1-6H3;2*1-2H3;2H,1H3/t13-,14+,15?,16?,18?,20+;;;/m0.../s1. The number of carbonyl (C=O) groups excluding carboxylic acids is 2. The third-order valence-corrected chi connectivity index (χ3v) is 5.24. The minimum absolute atomic E-state index is 0.0364. The van der Waals surface area contributed by atoms with Crippen molar-refractivity contribution in [1.29, 1.82) is 0 Å². The number of ether oxygens (including phenoxy) is 3. The largest absolute Gasteiger partial charge is 0.509 e. The zero-order valence-corrected chi connectivity index (χ0v) is 23.1. The normalized spacial score (nSPS) is 22.3. The van der Waals surface area contributed by atoms with Crippen LogP contribution in [0, 0.1) is 11.8 Å². The topological polar surface area (TPSA) is 114 Å². The van der Waals surface area contributed by atoms with E-state index in [1.807, 2.05) is 34.6 Å². The highest BCUT2D eigenvalue weighted by Gasteiger charge is 2.51. The lowest BCUT2D eigenvalue weighted by Gasteiger charge is -2.31. The number of cyclic esters (lactones) is 2. The summed E-state index contributed by atoms with van der Waals surface area (Å²) in [6.07, 6.45) is 1.24. The van der Waals surface area contributed by atoms with E-state index in [0.29, 0.717) is 12.5 Å². The van der Waals surface area contributed by atoms with Gasteiger partial charge in [-0.15, -0.1) is 0 Å². The molecule has 1 aliphatic heterocycles. The van der Waals surface area contributed by atoms with E-state index >= 15 is 0 Å².